The van der Waals surface area contributed by atoms with Crippen LogP contribution in [0.1, 0.15) is 6.42 Å². The van der Waals surface area contributed by atoms with Gasteiger partial charge >= 0.3 is 0 Å². The molecule has 1 N–H and O–H groups in total. The molecule has 0 radical (unpaired) electrons. The van der Waals surface area contributed by atoms with Gasteiger partial charge in [-0.25, -0.2) is 4.39 Å². The molecule has 0 aliphatic carbocycles. The van der Waals surface area contributed by atoms with Crippen molar-refractivity contribution >= 4 is 38.6 Å². The Balaban J connectivity index is 0.00000144. The number of alkyl halides is 1. The molecule has 0 fully saturated rings. The summed E-state index contributed by atoms with van der Waals surface area (Å²) in [6.07, 6.45) is 1.07. The molecule has 1 aromatic rings. The van der Waals surface area contributed by atoms with Gasteiger partial charge in [-0.05, 0) is 30.7 Å². The van der Waals surface area contributed by atoms with Crippen LogP contribution in [-0.4, -0.2) is 11.9 Å². The molecule has 0 unspecified atom stereocenters. The summed E-state index contributed by atoms with van der Waals surface area (Å²) in [5, 5.41) is 4.16. The van der Waals surface area contributed by atoms with Gasteiger partial charge in [0.05, 0.1) is 0 Å². The van der Waals surface area contributed by atoms with Gasteiger partial charge in [0.2, 0.25) is 0 Å². The number of rotatable bonds is 4. The Morgan fingerprint density at radius 1 is 1.23 bits per heavy atom. The first kappa shape index (κ1) is 12.9. The van der Waals surface area contributed by atoms with Crippen molar-refractivity contribution in [1.29, 1.82) is 0 Å². The average molecular weight is 313 g/mol. The largest absolute Gasteiger partial charge is 0.385 e. The molecule has 0 aromatic heterocycles. The van der Waals surface area contributed by atoms with Crippen molar-refractivity contribution in [2.75, 3.05) is 17.2 Å². The number of nitrogens with one attached hydrogen (secondary N) is 1. The van der Waals surface area contributed by atoms with E-state index in [1.807, 2.05) is 0 Å². The molecule has 0 spiro atoms. The first-order chi connectivity index (χ1) is 5.83. The molecule has 0 heterocycles. The van der Waals surface area contributed by atoms with Crippen LogP contribution in [0, 0.1) is 5.82 Å². The lowest BCUT2D eigenvalue weighted by molar-refractivity contribution is 0.628. The van der Waals surface area contributed by atoms with E-state index in [1.54, 1.807) is 12.1 Å². The molecule has 0 aliphatic heterocycles. The van der Waals surface area contributed by atoms with E-state index in [1.165, 1.54) is 12.1 Å². The van der Waals surface area contributed by atoms with Gasteiger partial charge in [0.25, 0.3) is 0 Å². The minimum atomic E-state index is -0.193. The van der Waals surface area contributed by atoms with Crippen LogP contribution in [0.3, 0.4) is 0 Å². The molecular formula is C9H12Br2FN. The molecule has 0 saturated carbocycles. The fraction of sp³-hybridized carbons (Fsp3) is 0.333. The zero-order valence-electron chi connectivity index (χ0n) is 7.09. The predicted octanol–water partition coefficient (Wildman–Crippen LogP) is 3.60. The van der Waals surface area contributed by atoms with Crippen LogP contribution < -0.4 is 5.32 Å². The molecule has 0 aliphatic rings. The van der Waals surface area contributed by atoms with Gasteiger partial charge in [-0.3, -0.25) is 0 Å². The third-order valence-corrected chi connectivity index (χ3v) is 2.04. The topological polar surface area (TPSA) is 12.0 Å². The van der Waals surface area contributed by atoms with Crippen molar-refractivity contribution < 1.29 is 4.39 Å². The van der Waals surface area contributed by atoms with Crippen LogP contribution in [0.4, 0.5) is 10.1 Å². The highest BCUT2D eigenvalue weighted by Crippen LogP contribution is 2.07. The fourth-order valence-electron chi connectivity index (χ4n) is 0.867. The number of anilines is 1. The van der Waals surface area contributed by atoms with E-state index in [0.29, 0.717) is 0 Å². The summed E-state index contributed by atoms with van der Waals surface area (Å²) in [5.74, 6) is -0.193. The van der Waals surface area contributed by atoms with Crippen LogP contribution in [0.15, 0.2) is 24.3 Å². The van der Waals surface area contributed by atoms with E-state index in [2.05, 4.69) is 21.2 Å². The van der Waals surface area contributed by atoms with Crippen LogP contribution in [0.5, 0.6) is 0 Å². The van der Waals surface area contributed by atoms with E-state index in [0.717, 1.165) is 24.0 Å². The maximum Gasteiger partial charge on any atom is 0.123 e. The average Bonchev–Trinajstić information content (AvgIpc) is 2.09. The normalized spacial score (nSPS) is 9.08. The van der Waals surface area contributed by atoms with Gasteiger partial charge < -0.3 is 5.32 Å². The maximum absolute atomic E-state index is 12.4. The van der Waals surface area contributed by atoms with E-state index >= 15 is 0 Å². The van der Waals surface area contributed by atoms with Crippen molar-refractivity contribution in [3.63, 3.8) is 0 Å². The Morgan fingerprint density at radius 2 is 1.85 bits per heavy atom. The highest BCUT2D eigenvalue weighted by atomic mass is 79.9. The minimum Gasteiger partial charge on any atom is -0.385 e. The summed E-state index contributed by atoms with van der Waals surface area (Å²) in [6.45, 7) is 0.914. The Bertz CT molecular complexity index is 226. The molecule has 74 valence electrons. The van der Waals surface area contributed by atoms with Crippen LogP contribution in [0.2, 0.25) is 0 Å². The Kier molecular flexibility index (Phi) is 7.28. The number of halogens is 3. The molecule has 0 amide bonds. The Morgan fingerprint density at radius 3 is 2.38 bits per heavy atom. The molecule has 0 saturated heterocycles. The molecule has 1 aromatic carbocycles. The lowest BCUT2D eigenvalue weighted by atomic mass is 10.3. The van der Waals surface area contributed by atoms with Crippen LogP contribution >= 0.6 is 32.9 Å². The lowest BCUT2D eigenvalue weighted by Crippen LogP contribution is -2.01. The molecule has 0 atom stereocenters. The third-order valence-electron chi connectivity index (χ3n) is 1.48. The standard InChI is InChI=1S/C9H11BrFN.BrH/c10-6-1-7-12-9-4-2-8(11)3-5-9;/h2-5,12H,1,6-7H2;1H. The number of benzene rings is 1. The van der Waals surface area contributed by atoms with Crippen molar-refractivity contribution in [2.45, 2.75) is 6.42 Å². The van der Waals surface area contributed by atoms with Gasteiger partial charge in [-0.15, -0.1) is 17.0 Å². The summed E-state index contributed by atoms with van der Waals surface area (Å²) in [4.78, 5) is 0. The van der Waals surface area contributed by atoms with E-state index in [-0.39, 0.29) is 22.8 Å². The number of hydrogen-bond acceptors (Lipinski definition) is 1. The summed E-state index contributed by atoms with van der Waals surface area (Å²) in [6, 6.07) is 6.39. The zero-order chi connectivity index (χ0) is 8.81. The van der Waals surface area contributed by atoms with Gasteiger partial charge in [0.15, 0.2) is 0 Å². The maximum atomic E-state index is 12.4. The zero-order valence-corrected chi connectivity index (χ0v) is 10.4. The van der Waals surface area contributed by atoms with Crippen molar-refractivity contribution in [1.82, 2.24) is 0 Å². The third kappa shape index (κ3) is 5.26. The van der Waals surface area contributed by atoms with Gasteiger partial charge in [-0.2, -0.15) is 0 Å². The number of hydrogen-bond donors (Lipinski definition) is 1. The smallest absolute Gasteiger partial charge is 0.123 e. The Labute approximate surface area is 96.6 Å². The van der Waals surface area contributed by atoms with Crippen molar-refractivity contribution in [2.24, 2.45) is 0 Å². The first-order valence-electron chi connectivity index (χ1n) is 3.88. The summed E-state index contributed by atoms with van der Waals surface area (Å²) < 4.78 is 12.4. The lowest BCUT2D eigenvalue weighted by Gasteiger charge is -2.03. The van der Waals surface area contributed by atoms with Crippen molar-refractivity contribution in [3.05, 3.63) is 30.1 Å². The molecule has 0 bridgehead atoms. The second-order valence-electron chi connectivity index (χ2n) is 2.48. The summed E-state index contributed by atoms with van der Waals surface area (Å²) >= 11 is 3.33. The molecular weight excluding hydrogens is 301 g/mol. The monoisotopic (exact) mass is 311 g/mol. The second kappa shape index (κ2) is 7.33. The fourth-order valence-corrected chi connectivity index (χ4v) is 1.15. The molecule has 1 rings (SSSR count). The summed E-state index contributed by atoms with van der Waals surface area (Å²) in [7, 11) is 0. The quantitative estimate of drug-likeness (QED) is 0.661. The van der Waals surface area contributed by atoms with Gasteiger partial charge in [0.1, 0.15) is 5.82 Å². The van der Waals surface area contributed by atoms with E-state index < -0.39 is 0 Å². The molecule has 1 nitrogen and oxygen atoms in total. The van der Waals surface area contributed by atoms with E-state index in [9.17, 15) is 4.39 Å². The highest BCUT2D eigenvalue weighted by Gasteiger charge is 1.91. The highest BCUT2D eigenvalue weighted by molar-refractivity contribution is 9.09. The van der Waals surface area contributed by atoms with Gasteiger partial charge in [-0.1, -0.05) is 15.9 Å². The predicted molar refractivity (Wildman–Crippen MR) is 63.6 cm³/mol. The first-order valence-corrected chi connectivity index (χ1v) is 5.00. The van der Waals surface area contributed by atoms with Crippen molar-refractivity contribution in [3.8, 4) is 0 Å². The second-order valence-corrected chi connectivity index (χ2v) is 3.27. The van der Waals surface area contributed by atoms with Gasteiger partial charge in [0, 0.05) is 17.6 Å². The molecule has 4 heteroatoms. The van der Waals surface area contributed by atoms with Crippen LogP contribution in [-0.2, 0) is 0 Å². The minimum absolute atomic E-state index is 0. The molecule has 13 heavy (non-hydrogen) atoms. The summed E-state index contributed by atoms with van der Waals surface area (Å²) in [5.41, 5.74) is 0.970. The SMILES string of the molecule is Br.Fc1ccc(NCCCBr)cc1. The van der Waals surface area contributed by atoms with Crippen LogP contribution in [0.25, 0.3) is 0 Å². The Hall–Kier alpha value is -0.0900. The van der Waals surface area contributed by atoms with E-state index in [4.69, 9.17) is 0 Å².